The fraction of sp³-hybridized carbons (Fsp3) is 0.0625. The Kier molecular flexibility index (Phi) is 6.04. The van der Waals surface area contributed by atoms with Gasteiger partial charge in [0.2, 0.25) is 20.3 Å². The molecule has 0 aliphatic heterocycles. The van der Waals surface area contributed by atoms with Crippen LogP contribution in [0.25, 0.3) is 0 Å². The van der Waals surface area contributed by atoms with E-state index < -0.39 is 10.0 Å². The number of amides is 1. The lowest BCUT2D eigenvalue weighted by Crippen LogP contribution is -2.12. The first kappa shape index (κ1) is 19.7. The zero-order chi connectivity index (χ0) is 19.4. The molecule has 0 saturated carbocycles. The summed E-state index contributed by atoms with van der Waals surface area (Å²) in [5.41, 5.74) is 1.39. The van der Waals surface area contributed by atoms with Crippen LogP contribution in [0.1, 0.15) is 15.9 Å². The molecule has 8 nitrogen and oxygen atoms in total. The molecule has 11 heteroatoms. The third-order valence-corrected chi connectivity index (χ3v) is 5.89. The number of sulfonamides is 1. The highest BCUT2D eigenvalue weighted by Gasteiger charge is 2.11. The van der Waals surface area contributed by atoms with Gasteiger partial charge in [0.1, 0.15) is 0 Å². The molecule has 27 heavy (non-hydrogen) atoms. The largest absolute Gasteiger partial charge is 0.356 e. The van der Waals surface area contributed by atoms with E-state index in [2.05, 4.69) is 43.4 Å². The van der Waals surface area contributed by atoms with Crippen molar-refractivity contribution in [2.24, 2.45) is 5.14 Å². The minimum atomic E-state index is -3.70. The average molecular weight is 515 g/mol. The summed E-state index contributed by atoms with van der Waals surface area (Å²) in [6.07, 6.45) is 0. The number of hydrogen-bond acceptors (Lipinski definition) is 7. The summed E-state index contributed by atoms with van der Waals surface area (Å²) < 4.78 is 23.5. The molecule has 1 aromatic heterocycles. The predicted molar refractivity (Wildman–Crippen MR) is 112 cm³/mol. The van der Waals surface area contributed by atoms with Gasteiger partial charge >= 0.3 is 0 Å². The normalized spacial score (nSPS) is 11.2. The lowest BCUT2D eigenvalue weighted by molar-refractivity contribution is 0.102. The molecule has 140 valence electrons. The Morgan fingerprint density at radius 3 is 2.30 bits per heavy atom. The van der Waals surface area contributed by atoms with Crippen LogP contribution >= 0.6 is 33.9 Å². The van der Waals surface area contributed by atoms with Crippen molar-refractivity contribution in [3.05, 3.63) is 63.2 Å². The molecule has 0 saturated heterocycles. The number of primary sulfonamides is 1. The summed E-state index contributed by atoms with van der Waals surface area (Å²) >= 11 is 3.37. The minimum Gasteiger partial charge on any atom is -0.356 e. The van der Waals surface area contributed by atoms with Crippen LogP contribution in [-0.2, 0) is 16.6 Å². The number of halogens is 1. The van der Waals surface area contributed by atoms with Gasteiger partial charge in [-0.1, -0.05) is 23.5 Å². The second-order valence-corrected chi connectivity index (χ2v) is 9.20. The molecule has 0 radical (unpaired) electrons. The molecule has 0 aliphatic rings. The molecule has 0 bridgehead atoms. The number of nitrogens with two attached hydrogens (primary N) is 1. The molecule has 2 aromatic carbocycles. The van der Waals surface area contributed by atoms with Gasteiger partial charge in [-0.2, -0.15) is 0 Å². The van der Waals surface area contributed by atoms with Crippen molar-refractivity contribution in [1.29, 1.82) is 0 Å². The topological polar surface area (TPSA) is 127 Å². The number of carbonyl (C=O) groups is 1. The summed E-state index contributed by atoms with van der Waals surface area (Å²) in [6.45, 7) is 0.421. The third-order valence-electron chi connectivity index (χ3n) is 3.45. The fourth-order valence-electron chi connectivity index (χ4n) is 2.09. The molecule has 0 aliphatic carbocycles. The fourth-order valence-corrected chi connectivity index (χ4v) is 3.60. The van der Waals surface area contributed by atoms with Crippen LogP contribution in [0, 0.1) is 3.57 Å². The van der Waals surface area contributed by atoms with Crippen LogP contribution in [0.4, 0.5) is 10.3 Å². The van der Waals surface area contributed by atoms with Gasteiger partial charge in [0.25, 0.3) is 5.91 Å². The predicted octanol–water partition coefficient (Wildman–Crippen LogP) is 2.65. The van der Waals surface area contributed by atoms with Crippen LogP contribution < -0.4 is 15.8 Å². The molecule has 1 heterocycles. The van der Waals surface area contributed by atoms with Crippen molar-refractivity contribution in [3.63, 3.8) is 0 Å². The number of rotatable bonds is 6. The van der Waals surface area contributed by atoms with E-state index >= 15 is 0 Å². The maximum Gasteiger partial charge on any atom is 0.257 e. The first-order valence-corrected chi connectivity index (χ1v) is 11.0. The summed E-state index contributed by atoms with van der Waals surface area (Å²) in [5, 5.41) is 19.7. The molecule has 3 rings (SSSR count). The number of nitrogens with zero attached hydrogens (tertiary/aromatic N) is 2. The molecular formula is C16H14IN5O3S2. The molecular weight excluding hydrogens is 501 g/mol. The van der Waals surface area contributed by atoms with Crippen molar-refractivity contribution >= 4 is 60.1 Å². The summed E-state index contributed by atoms with van der Waals surface area (Å²) in [6, 6.07) is 13.4. The average Bonchev–Trinajstić information content (AvgIpc) is 3.07. The van der Waals surface area contributed by atoms with E-state index in [0.29, 0.717) is 22.4 Å². The van der Waals surface area contributed by atoms with Gasteiger partial charge in [0, 0.05) is 15.7 Å². The van der Waals surface area contributed by atoms with Crippen LogP contribution in [0.15, 0.2) is 53.4 Å². The number of aromatic nitrogens is 2. The Morgan fingerprint density at radius 2 is 1.67 bits per heavy atom. The highest BCUT2D eigenvalue weighted by Crippen LogP contribution is 2.21. The molecule has 0 spiro atoms. The van der Waals surface area contributed by atoms with Crippen molar-refractivity contribution in [1.82, 2.24) is 10.2 Å². The van der Waals surface area contributed by atoms with Gasteiger partial charge in [0.05, 0.1) is 4.90 Å². The first-order chi connectivity index (χ1) is 12.8. The number of benzene rings is 2. The van der Waals surface area contributed by atoms with Crippen LogP contribution in [0.3, 0.4) is 0 Å². The van der Waals surface area contributed by atoms with Gasteiger partial charge in [-0.15, -0.1) is 10.2 Å². The van der Waals surface area contributed by atoms with Crippen molar-refractivity contribution < 1.29 is 13.2 Å². The monoisotopic (exact) mass is 515 g/mol. The Bertz CT molecular complexity index is 1050. The number of hydrogen-bond donors (Lipinski definition) is 3. The van der Waals surface area contributed by atoms with Crippen molar-refractivity contribution in [3.8, 4) is 0 Å². The third kappa shape index (κ3) is 5.45. The maximum atomic E-state index is 12.2. The Balaban J connectivity index is 1.58. The first-order valence-electron chi connectivity index (χ1n) is 7.57. The van der Waals surface area contributed by atoms with E-state index in [1.54, 1.807) is 24.3 Å². The highest BCUT2D eigenvalue weighted by atomic mass is 127. The van der Waals surface area contributed by atoms with E-state index in [1.807, 2.05) is 12.1 Å². The van der Waals surface area contributed by atoms with E-state index in [9.17, 15) is 13.2 Å². The zero-order valence-electron chi connectivity index (χ0n) is 13.7. The molecule has 3 aromatic rings. The van der Waals surface area contributed by atoms with E-state index in [0.717, 1.165) is 9.13 Å². The molecule has 4 N–H and O–H groups in total. The lowest BCUT2D eigenvalue weighted by Gasteiger charge is -2.03. The van der Waals surface area contributed by atoms with Gasteiger partial charge in [-0.25, -0.2) is 13.6 Å². The number of carbonyl (C=O) groups excluding carboxylic acids is 1. The quantitative estimate of drug-likeness (QED) is 0.434. The van der Waals surface area contributed by atoms with E-state index in [1.165, 1.54) is 23.5 Å². The molecule has 0 atom stereocenters. The van der Waals surface area contributed by atoms with E-state index in [4.69, 9.17) is 5.14 Å². The minimum absolute atomic E-state index is 0.0581. The number of nitrogens with one attached hydrogen (secondary N) is 2. The van der Waals surface area contributed by atoms with Gasteiger partial charge in [-0.3, -0.25) is 10.1 Å². The van der Waals surface area contributed by atoms with Gasteiger partial charge < -0.3 is 5.32 Å². The second kappa shape index (κ2) is 8.29. The maximum absolute atomic E-state index is 12.2. The summed E-state index contributed by atoms with van der Waals surface area (Å²) in [4.78, 5) is 12.2. The molecule has 1 amide bonds. The number of anilines is 2. The van der Waals surface area contributed by atoms with Crippen molar-refractivity contribution in [2.45, 2.75) is 11.4 Å². The van der Waals surface area contributed by atoms with Crippen molar-refractivity contribution in [2.75, 3.05) is 10.6 Å². The molecule has 0 fully saturated rings. The Hall–Kier alpha value is -2.09. The summed E-state index contributed by atoms with van der Waals surface area (Å²) in [5.74, 6) is -0.257. The Morgan fingerprint density at radius 1 is 1.04 bits per heavy atom. The lowest BCUT2D eigenvalue weighted by atomic mass is 10.2. The van der Waals surface area contributed by atoms with Gasteiger partial charge in [0.15, 0.2) is 0 Å². The van der Waals surface area contributed by atoms with Crippen LogP contribution in [0.2, 0.25) is 0 Å². The van der Waals surface area contributed by atoms with E-state index in [-0.39, 0.29) is 10.8 Å². The zero-order valence-corrected chi connectivity index (χ0v) is 17.5. The van der Waals surface area contributed by atoms with Crippen LogP contribution in [0.5, 0.6) is 0 Å². The van der Waals surface area contributed by atoms with Crippen LogP contribution in [-0.4, -0.2) is 24.5 Å². The standard InChI is InChI=1S/C16H14IN5O3S2/c17-12-5-3-11(4-6-12)14(23)20-16-22-21-15(26-16)19-9-10-1-7-13(8-2-10)27(18,24)25/h1-8H,9H2,(H,19,21)(H2,18,24,25)(H,20,22,23). The van der Waals surface area contributed by atoms with Gasteiger partial charge in [-0.05, 0) is 64.6 Å². The molecule has 0 unspecified atom stereocenters. The summed E-state index contributed by atoms with van der Waals surface area (Å²) in [7, 11) is -3.70. The Labute approximate surface area is 173 Å². The SMILES string of the molecule is NS(=O)(=O)c1ccc(CNc2nnc(NC(=O)c3ccc(I)cc3)s2)cc1. The highest BCUT2D eigenvalue weighted by molar-refractivity contribution is 14.1. The second-order valence-electron chi connectivity index (χ2n) is 5.42. The smallest absolute Gasteiger partial charge is 0.257 e.